The van der Waals surface area contributed by atoms with E-state index in [-0.39, 0.29) is 9.49 Å². The van der Waals surface area contributed by atoms with E-state index in [1.54, 1.807) is 0 Å². The summed E-state index contributed by atoms with van der Waals surface area (Å²) in [5, 5.41) is 5.52. The number of benzene rings is 1. The molecule has 1 aromatic carbocycles. The third-order valence-corrected chi connectivity index (χ3v) is 3.61. The number of hydrogen-bond donors (Lipinski definition) is 1. The topological polar surface area (TPSA) is 64.0 Å². The zero-order chi connectivity index (χ0) is 16.5. The van der Waals surface area contributed by atoms with Crippen LogP contribution in [0.1, 0.15) is 5.56 Å². The normalized spacial score (nSPS) is 11.5. The van der Waals surface area contributed by atoms with Gasteiger partial charge in [0.25, 0.3) is 0 Å². The van der Waals surface area contributed by atoms with Gasteiger partial charge in [0.15, 0.2) is 0 Å². The van der Waals surface area contributed by atoms with Crippen LogP contribution in [0.3, 0.4) is 0 Å². The van der Waals surface area contributed by atoms with Crippen molar-refractivity contribution in [2.45, 2.75) is 12.7 Å². The van der Waals surface area contributed by atoms with Crippen molar-refractivity contribution in [2.75, 3.05) is 5.32 Å². The smallest absolute Gasteiger partial charge is 0.324 e. The minimum Gasteiger partial charge on any atom is -0.324 e. The Bertz CT molecular complexity index is 773. The van der Waals surface area contributed by atoms with Crippen LogP contribution in [0.2, 0.25) is 9.49 Å². The van der Waals surface area contributed by atoms with Crippen LogP contribution in [0.5, 0.6) is 0 Å². The Labute approximate surface area is 135 Å². The maximum atomic E-state index is 12.9. The zero-order valence-corrected chi connectivity index (χ0v) is 12.8. The number of nitrogens with one attached hydrogen (secondary N) is 1. The van der Waals surface area contributed by atoms with Crippen LogP contribution >= 0.6 is 34.5 Å². The molecule has 1 amide bonds. The third-order valence-electron chi connectivity index (χ3n) is 2.44. The Hall–Kier alpha value is -1.58. The van der Waals surface area contributed by atoms with Crippen molar-refractivity contribution in [1.82, 2.24) is 9.78 Å². The first-order valence-electron chi connectivity index (χ1n) is 5.57. The number of amides is 1. The quantitative estimate of drug-likeness (QED) is 0.900. The molecule has 0 spiro atoms. The number of anilines is 1. The van der Waals surface area contributed by atoms with Gasteiger partial charge in [0.05, 0.1) is 11.3 Å². The Balaban J connectivity index is 2.22. The van der Waals surface area contributed by atoms with E-state index < -0.39 is 34.8 Å². The second-order valence-electron chi connectivity index (χ2n) is 4.01. The minimum atomic E-state index is -4.69. The van der Waals surface area contributed by atoms with Crippen LogP contribution in [0.4, 0.5) is 18.9 Å². The van der Waals surface area contributed by atoms with Crippen molar-refractivity contribution in [3.05, 3.63) is 42.9 Å². The highest BCUT2D eigenvalue weighted by Crippen LogP contribution is 2.36. The van der Waals surface area contributed by atoms with Crippen molar-refractivity contribution in [1.29, 1.82) is 0 Å². The highest BCUT2D eigenvalue weighted by Gasteiger charge is 2.34. The van der Waals surface area contributed by atoms with Gasteiger partial charge in [-0.3, -0.25) is 9.59 Å². The van der Waals surface area contributed by atoms with Crippen molar-refractivity contribution >= 4 is 46.1 Å². The molecule has 0 aliphatic heterocycles. The molecule has 1 heterocycles. The molecule has 11 heteroatoms. The van der Waals surface area contributed by atoms with Gasteiger partial charge in [0, 0.05) is 5.02 Å². The average Bonchev–Trinajstić information content (AvgIpc) is 2.68. The van der Waals surface area contributed by atoms with Crippen molar-refractivity contribution in [3.8, 4) is 0 Å². The molecule has 5 nitrogen and oxygen atoms in total. The maximum absolute atomic E-state index is 12.9. The lowest BCUT2D eigenvalue weighted by atomic mass is 10.1. The first kappa shape index (κ1) is 16.8. The molecule has 0 atom stereocenters. The fraction of sp³-hybridized carbons (Fsp3) is 0.182. The van der Waals surface area contributed by atoms with Gasteiger partial charge >= 0.3 is 11.0 Å². The lowest BCUT2D eigenvalue weighted by molar-refractivity contribution is -0.137. The summed E-state index contributed by atoms with van der Waals surface area (Å²) in [5.41, 5.74) is -1.55. The zero-order valence-electron chi connectivity index (χ0n) is 10.4. The number of nitrogens with zero attached hydrogens (tertiary/aromatic N) is 2. The third kappa shape index (κ3) is 3.99. The van der Waals surface area contributed by atoms with E-state index in [1.807, 2.05) is 0 Å². The van der Waals surface area contributed by atoms with Crippen molar-refractivity contribution in [3.63, 3.8) is 0 Å². The van der Waals surface area contributed by atoms with E-state index in [2.05, 4.69) is 10.4 Å². The van der Waals surface area contributed by atoms with Crippen LogP contribution < -0.4 is 10.2 Å². The first-order valence-corrected chi connectivity index (χ1v) is 7.14. The van der Waals surface area contributed by atoms with Gasteiger partial charge in [-0.2, -0.15) is 13.2 Å². The summed E-state index contributed by atoms with van der Waals surface area (Å²) in [5.74, 6) is -0.850. The number of alkyl halides is 3. The van der Waals surface area contributed by atoms with Crippen molar-refractivity contribution in [2.24, 2.45) is 0 Å². The van der Waals surface area contributed by atoms with Gasteiger partial charge in [-0.05, 0) is 41.1 Å². The van der Waals surface area contributed by atoms with Gasteiger partial charge in [-0.1, -0.05) is 11.6 Å². The molecule has 2 rings (SSSR count). The molecule has 0 bridgehead atoms. The predicted molar refractivity (Wildman–Crippen MR) is 76.5 cm³/mol. The molecule has 1 N–H and O–H groups in total. The summed E-state index contributed by atoms with van der Waals surface area (Å²) in [6.45, 7) is -0.554. The molecule has 0 saturated carbocycles. The number of carbonyl (C=O) groups is 1. The SMILES string of the molecule is O=C(Cn1nc(Cl)sc1=O)Nc1ccc(Cl)cc1C(F)(F)F. The Morgan fingerprint density at radius 1 is 1.36 bits per heavy atom. The van der Waals surface area contributed by atoms with Crippen molar-refractivity contribution < 1.29 is 18.0 Å². The lowest BCUT2D eigenvalue weighted by Crippen LogP contribution is -2.26. The van der Waals surface area contributed by atoms with Crippen LogP contribution in [0.15, 0.2) is 23.0 Å². The molecule has 22 heavy (non-hydrogen) atoms. The monoisotopic (exact) mass is 371 g/mol. The summed E-state index contributed by atoms with van der Waals surface area (Å²) < 4.78 is 39.3. The van der Waals surface area contributed by atoms with Crippen LogP contribution in [-0.2, 0) is 17.5 Å². The fourth-order valence-electron chi connectivity index (χ4n) is 1.57. The number of carbonyl (C=O) groups excluding carboxylic acids is 1. The summed E-state index contributed by atoms with van der Waals surface area (Å²) in [7, 11) is 0. The highest BCUT2D eigenvalue weighted by atomic mass is 35.5. The Morgan fingerprint density at radius 3 is 2.59 bits per heavy atom. The molecule has 0 fully saturated rings. The van der Waals surface area contributed by atoms with Crippen LogP contribution in [0.25, 0.3) is 0 Å². The molecule has 118 valence electrons. The standard InChI is InChI=1S/C11H6Cl2F3N3O2S/c12-5-1-2-7(6(3-5)11(14,15)16)17-8(20)4-19-10(21)22-9(13)18-19/h1-3H,4H2,(H,17,20). The summed E-state index contributed by atoms with van der Waals surface area (Å²) >= 11 is 11.6. The number of rotatable bonds is 3. The lowest BCUT2D eigenvalue weighted by Gasteiger charge is -2.14. The Morgan fingerprint density at radius 2 is 2.05 bits per heavy atom. The van der Waals surface area contributed by atoms with Gasteiger partial charge in [-0.15, -0.1) is 5.10 Å². The number of halogens is 5. The molecule has 0 unspecified atom stereocenters. The second kappa shape index (κ2) is 6.27. The summed E-state index contributed by atoms with van der Waals surface area (Å²) in [4.78, 5) is 22.5. The van der Waals surface area contributed by atoms with Gasteiger partial charge in [-0.25, -0.2) is 4.68 Å². The average molecular weight is 372 g/mol. The van der Waals surface area contributed by atoms with Gasteiger partial charge < -0.3 is 5.32 Å². The summed E-state index contributed by atoms with van der Waals surface area (Å²) in [6, 6.07) is 2.93. The number of aromatic nitrogens is 2. The van der Waals surface area contributed by atoms with Crippen LogP contribution in [-0.4, -0.2) is 15.7 Å². The fourth-order valence-corrected chi connectivity index (χ4v) is 2.52. The number of hydrogen-bond acceptors (Lipinski definition) is 4. The molecule has 1 aromatic heterocycles. The molecule has 0 saturated heterocycles. The van der Waals surface area contributed by atoms with Gasteiger partial charge in [0.1, 0.15) is 6.54 Å². The molecule has 0 aliphatic rings. The largest absolute Gasteiger partial charge is 0.418 e. The molecule has 0 radical (unpaired) electrons. The molecular weight excluding hydrogens is 366 g/mol. The maximum Gasteiger partial charge on any atom is 0.418 e. The first-order chi connectivity index (χ1) is 10.2. The van der Waals surface area contributed by atoms with E-state index in [1.165, 1.54) is 6.07 Å². The predicted octanol–water partition coefficient (Wildman–Crippen LogP) is 3.27. The second-order valence-corrected chi connectivity index (χ2v) is 5.97. The summed E-state index contributed by atoms with van der Waals surface area (Å²) in [6.07, 6.45) is -4.69. The van der Waals surface area contributed by atoms with E-state index in [0.717, 1.165) is 10.7 Å². The van der Waals surface area contributed by atoms with Crippen LogP contribution in [0, 0.1) is 0 Å². The molecular formula is C11H6Cl2F3N3O2S. The Kier molecular flexibility index (Phi) is 4.78. The highest BCUT2D eigenvalue weighted by molar-refractivity contribution is 7.13. The van der Waals surface area contributed by atoms with E-state index in [0.29, 0.717) is 17.4 Å². The van der Waals surface area contributed by atoms with E-state index in [9.17, 15) is 22.8 Å². The van der Waals surface area contributed by atoms with E-state index in [4.69, 9.17) is 23.2 Å². The molecule has 2 aromatic rings. The molecule has 0 aliphatic carbocycles. The van der Waals surface area contributed by atoms with E-state index >= 15 is 0 Å². The minimum absolute atomic E-state index is 0.0692. The van der Waals surface area contributed by atoms with Gasteiger partial charge in [0.2, 0.25) is 10.4 Å².